The highest BCUT2D eigenvalue weighted by Gasteiger charge is 2.05. The molecule has 0 aliphatic carbocycles. The molecule has 184 valence electrons. The monoisotopic (exact) mass is 454 g/mol. The number of ether oxygens (including phenoxy) is 2. The lowest BCUT2D eigenvalue weighted by Gasteiger charge is -2.12. The van der Waals surface area contributed by atoms with Crippen LogP contribution >= 0.6 is 0 Å². The van der Waals surface area contributed by atoms with Gasteiger partial charge in [-0.15, -0.1) is 0 Å². The smallest absolute Gasteiger partial charge is 0.159 e. The molecule has 0 radical (unpaired) electrons. The van der Waals surface area contributed by atoms with Gasteiger partial charge in [-0.2, -0.15) is 0 Å². The molecule has 1 heterocycles. The maximum atomic E-state index is 5.91. The van der Waals surface area contributed by atoms with Crippen molar-refractivity contribution in [2.24, 2.45) is 5.92 Å². The lowest BCUT2D eigenvalue weighted by atomic mass is 10.0. The Morgan fingerprint density at radius 2 is 1.21 bits per heavy atom. The van der Waals surface area contributed by atoms with Crippen LogP contribution in [0.1, 0.15) is 104 Å². The molecule has 1 atom stereocenters. The third-order valence-corrected chi connectivity index (χ3v) is 6.19. The zero-order chi connectivity index (χ0) is 23.6. The zero-order valence-electron chi connectivity index (χ0n) is 21.4. The summed E-state index contributed by atoms with van der Waals surface area (Å²) in [4.78, 5) is 8.96. The normalized spacial score (nSPS) is 12.0. The van der Waals surface area contributed by atoms with Gasteiger partial charge in [0.1, 0.15) is 5.75 Å². The summed E-state index contributed by atoms with van der Waals surface area (Å²) < 4.78 is 11.7. The fraction of sp³-hybridized carbons (Fsp3) is 0.655. The van der Waals surface area contributed by atoms with E-state index in [4.69, 9.17) is 9.47 Å². The minimum Gasteiger partial charge on any atom is -0.494 e. The molecule has 0 aliphatic heterocycles. The maximum absolute atomic E-state index is 5.91. The van der Waals surface area contributed by atoms with Crippen molar-refractivity contribution in [1.82, 2.24) is 9.97 Å². The van der Waals surface area contributed by atoms with Gasteiger partial charge in [-0.3, -0.25) is 0 Å². The molecule has 2 aromatic rings. The molecule has 2 rings (SSSR count). The lowest BCUT2D eigenvalue weighted by Crippen LogP contribution is -2.04. The van der Waals surface area contributed by atoms with Crippen LogP contribution < -0.4 is 9.47 Å². The van der Waals surface area contributed by atoms with Crippen LogP contribution in [0, 0.1) is 5.92 Å². The molecule has 1 aromatic carbocycles. The van der Waals surface area contributed by atoms with E-state index in [9.17, 15) is 0 Å². The summed E-state index contributed by atoms with van der Waals surface area (Å²) in [5.41, 5.74) is 0.990. The van der Waals surface area contributed by atoms with E-state index in [1.165, 1.54) is 70.6 Å². The lowest BCUT2D eigenvalue weighted by molar-refractivity contribution is 0.277. The number of unbranched alkanes of at least 4 members (excludes halogenated alkanes) is 9. The highest BCUT2D eigenvalue weighted by molar-refractivity contribution is 5.56. The van der Waals surface area contributed by atoms with E-state index in [1.54, 1.807) is 12.4 Å². The van der Waals surface area contributed by atoms with Gasteiger partial charge in [0.15, 0.2) is 11.6 Å². The summed E-state index contributed by atoms with van der Waals surface area (Å²) in [5, 5.41) is 0. The Balaban J connectivity index is 1.62. The van der Waals surface area contributed by atoms with Crippen LogP contribution in [0.4, 0.5) is 0 Å². The van der Waals surface area contributed by atoms with E-state index >= 15 is 0 Å². The second-order valence-corrected chi connectivity index (χ2v) is 9.33. The molecule has 1 aromatic heterocycles. The fourth-order valence-electron chi connectivity index (χ4n) is 3.92. The molecule has 4 heteroatoms. The van der Waals surface area contributed by atoms with Gasteiger partial charge in [-0.1, -0.05) is 91.4 Å². The van der Waals surface area contributed by atoms with Gasteiger partial charge in [0, 0.05) is 5.56 Å². The Bertz CT molecular complexity index is 715. The molecule has 0 unspecified atom stereocenters. The first-order valence-corrected chi connectivity index (χ1v) is 13.4. The fourth-order valence-corrected chi connectivity index (χ4v) is 3.92. The summed E-state index contributed by atoms with van der Waals surface area (Å²) >= 11 is 0. The highest BCUT2D eigenvalue weighted by atomic mass is 16.5. The number of hydrogen-bond acceptors (Lipinski definition) is 4. The number of hydrogen-bond donors (Lipinski definition) is 0. The van der Waals surface area contributed by atoms with Gasteiger partial charge in [0.2, 0.25) is 0 Å². The molecule has 0 spiro atoms. The molecule has 0 aliphatic rings. The second-order valence-electron chi connectivity index (χ2n) is 9.33. The largest absolute Gasteiger partial charge is 0.494 e. The van der Waals surface area contributed by atoms with Crippen LogP contribution in [0.3, 0.4) is 0 Å². The quantitative estimate of drug-likeness (QED) is 0.199. The van der Waals surface area contributed by atoms with Gasteiger partial charge in [0.05, 0.1) is 25.6 Å². The van der Waals surface area contributed by atoms with Crippen LogP contribution in [0.5, 0.6) is 11.5 Å². The molecule has 0 fully saturated rings. The van der Waals surface area contributed by atoms with Crippen LogP contribution in [0.2, 0.25) is 0 Å². The minimum atomic E-state index is 0.713. The van der Waals surface area contributed by atoms with E-state index < -0.39 is 0 Å². The average molecular weight is 455 g/mol. The van der Waals surface area contributed by atoms with Crippen molar-refractivity contribution in [3.63, 3.8) is 0 Å². The first-order valence-electron chi connectivity index (χ1n) is 13.4. The third kappa shape index (κ3) is 12.1. The van der Waals surface area contributed by atoms with Crippen molar-refractivity contribution < 1.29 is 9.47 Å². The van der Waals surface area contributed by atoms with Crippen molar-refractivity contribution in [3.05, 3.63) is 36.7 Å². The topological polar surface area (TPSA) is 44.2 Å². The Kier molecular flexibility index (Phi) is 14.3. The Hall–Kier alpha value is -2.10. The van der Waals surface area contributed by atoms with Crippen molar-refractivity contribution in [3.8, 4) is 22.9 Å². The minimum absolute atomic E-state index is 0.713. The summed E-state index contributed by atoms with van der Waals surface area (Å²) in [6.07, 6.45) is 20.4. The zero-order valence-corrected chi connectivity index (χ0v) is 21.4. The third-order valence-electron chi connectivity index (χ3n) is 6.19. The molecule has 0 saturated carbocycles. The summed E-state index contributed by atoms with van der Waals surface area (Å²) in [7, 11) is 0. The van der Waals surface area contributed by atoms with Crippen LogP contribution in [0.15, 0.2) is 36.7 Å². The Morgan fingerprint density at radius 3 is 1.85 bits per heavy atom. The molecule has 33 heavy (non-hydrogen) atoms. The first kappa shape index (κ1) is 27.1. The number of rotatable bonds is 19. The van der Waals surface area contributed by atoms with Crippen molar-refractivity contribution in [2.75, 3.05) is 13.2 Å². The molecule has 0 amide bonds. The SMILES string of the molecule is CCCCCCCCCCCOc1cnc(-c2ccc(OCC[C@@H](C)CCCC)cc2)nc1. The average Bonchev–Trinajstić information content (AvgIpc) is 2.85. The number of aromatic nitrogens is 2. The van der Waals surface area contributed by atoms with Gasteiger partial charge in [-0.25, -0.2) is 9.97 Å². The summed E-state index contributed by atoms with van der Waals surface area (Å²) in [6.45, 7) is 8.33. The Labute approximate surface area is 202 Å². The maximum Gasteiger partial charge on any atom is 0.159 e. The molecule has 0 bridgehead atoms. The summed E-state index contributed by atoms with van der Waals surface area (Å²) in [6, 6.07) is 8.05. The second kappa shape index (κ2) is 17.4. The molecule has 0 N–H and O–H groups in total. The van der Waals surface area contributed by atoms with Crippen LogP contribution in [0.25, 0.3) is 11.4 Å². The van der Waals surface area contributed by atoms with Gasteiger partial charge in [0.25, 0.3) is 0 Å². The van der Waals surface area contributed by atoms with Crippen LogP contribution in [-0.2, 0) is 0 Å². The van der Waals surface area contributed by atoms with Crippen molar-refractivity contribution >= 4 is 0 Å². The Morgan fingerprint density at radius 1 is 0.636 bits per heavy atom. The van der Waals surface area contributed by atoms with E-state index in [0.29, 0.717) is 5.82 Å². The van der Waals surface area contributed by atoms with Crippen LogP contribution in [-0.4, -0.2) is 23.2 Å². The number of benzene rings is 1. The van der Waals surface area contributed by atoms with Gasteiger partial charge >= 0.3 is 0 Å². The van der Waals surface area contributed by atoms with E-state index in [2.05, 4.69) is 30.7 Å². The van der Waals surface area contributed by atoms with Gasteiger partial charge in [-0.05, 0) is 43.0 Å². The predicted molar refractivity (Wildman–Crippen MR) is 139 cm³/mol. The summed E-state index contributed by atoms with van der Waals surface area (Å²) in [5.74, 6) is 3.08. The van der Waals surface area contributed by atoms with E-state index in [0.717, 1.165) is 49.0 Å². The molecular formula is C29H46N2O2. The number of nitrogens with zero attached hydrogens (tertiary/aromatic N) is 2. The molecule has 0 saturated heterocycles. The first-order chi connectivity index (χ1) is 16.2. The standard InChI is InChI=1S/C29H46N2O2/c1-4-6-8-9-10-11-12-13-14-21-32-28-23-30-29(31-24-28)26-16-18-27(19-17-26)33-22-20-25(3)15-7-5-2/h16-19,23-25H,4-15,20-22H2,1-3H3/t25-/m0/s1. The van der Waals surface area contributed by atoms with Crippen molar-refractivity contribution in [2.45, 2.75) is 104 Å². The molecular weight excluding hydrogens is 408 g/mol. The predicted octanol–water partition coefficient (Wildman–Crippen LogP) is 8.65. The van der Waals surface area contributed by atoms with E-state index in [1.807, 2.05) is 24.3 Å². The van der Waals surface area contributed by atoms with E-state index in [-0.39, 0.29) is 0 Å². The van der Waals surface area contributed by atoms with Crippen molar-refractivity contribution in [1.29, 1.82) is 0 Å². The highest BCUT2D eigenvalue weighted by Crippen LogP contribution is 2.21. The van der Waals surface area contributed by atoms with Gasteiger partial charge < -0.3 is 9.47 Å². The molecule has 4 nitrogen and oxygen atoms in total.